The molecule has 0 spiro atoms. The first kappa shape index (κ1) is 17.3. The van der Waals surface area contributed by atoms with E-state index in [4.69, 9.17) is 14.2 Å². The van der Waals surface area contributed by atoms with Gasteiger partial charge in [0.1, 0.15) is 0 Å². The molecule has 0 atom stereocenters. The van der Waals surface area contributed by atoms with E-state index in [0.29, 0.717) is 23.6 Å². The lowest BCUT2D eigenvalue weighted by Gasteiger charge is -2.26. The van der Waals surface area contributed by atoms with Crippen LogP contribution >= 0.6 is 22.6 Å². The highest BCUT2D eigenvalue weighted by atomic mass is 127. The topological polar surface area (TPSA) is 60.0 Å². The smallest absolute Gasteiger partial charge is 0.252 e. The first-order valence-electron chi connectivity index (χ1n) is 7.15. The molecule has 0 unspecified atom stereocenters. The van der Waals surface area contributed by atoms with E-state index in [0.717, 1.165) is 36.4 Å². The molecule has 7 heteroatoms. The van der Waals surface area contributed by atoms with Gasteiger partial charge in [-0.05, 0) is 34.7 Å². The normalized spacial score (nSPS) is 15.4. The molecule has 122 valence electrons. The van der Waals surface area contributed by atoms with E-state index in [1.165, 1.54) is 0 Å². The quantitative estimate of drug-likeness (QED) is 0.705. The van der Waals surface area contributed by atoms with Crippen molar-refractivity contribution in [3.8, 4) is 11.5 Å². The number of nitrogens with zero attached hydrogens (tertiary/aromatic N) is 1. The number of ether oxygens (including phenoxy) is 3. The standard InChI is InChI=1S/C15H21IN2O4/c1-20-13-9-11(12(16)10-14(13)21-2)15(19)17-3-4-18-5-7-22-8-6-18/h9-10H,3-8H2,1-2H3,(H,17,19). The van der Waals surface area contributed by atoms with Crippen LogP contribution in [0.15, 0.2) is 12.1 Å². The van der Waals surface area contributed by atoms with E-state index >= 15 is 0 Å². The highest BCUT2D eigenvalue weighted by molar-refractivity contribution is 14.1. The second-order valence-electron chi connectivity index (χ2n) is 4.90. The highest BCUT2D eigenvalue weighted by Crippen LogP contribution is 2.31. The van der Waals surface area contributed by atoms with Crippen molar-refractivity contribution in [2.75, 3.05) is 53.6 Å². The second-order valence-corrected chi connectivity index (χ2v) is 6.06. The predicted octanol–water partition coefficient (Wildman–Crippen LogP) is 1.37. The van der Waals surface area contributed by atoms with Gasteiger partial charge in [0.15, 0.2) is 11.5 Å². The van der Waals surface area contributed by atoms with Gasteiger partial charge in [-0.15, -0.1) is 0 Å². The van der Waals surface area contributed by atoms with Gasteiger partial charge in [0.2, 0.25) is 0 Å². The number of halogens is 1. The number of hydrogen-bond acceptors (Lipinski definition) is 5. The Morgan fingerprint density at radius 1 is 1.27 bits per heavy atom. The number of carbonyl (C=O) groups excluding carboxylic acids is 1. The Hall–Kier alpha value is -1.06. The molecule has 1 fully saturated rings. The van der Waals surface area contributed by atoms with Crippen molar-refractivity contribution in [2.45, 2.75) is 0 Å². The molecule has 0 radical (unpaired) electrons. The predicted molar refractivity (Wildman–Crippen MR) is 91.9 cm³/mol. The molecule has 0 bridgehead atoms. The maximum atomic E-state index is 12.3. The third-order valence-electron chi connectivity index (χ3n) is 3.54. The maximum Gasteiger partial charge on any atom is 0.252 e. The molecule has 1 saturated heterocycles. The minimum atomic E-state index is -0.0985. The molecule has 0 aliphatic carbocycles. The zero-order chi connectivity index (χ0) is 15.9. The van der Waals surface area contributed by atoms with Crippen molar-refractivity contribution >= 4 is 28.5 Å². The third kappa shape index (κ3) is 4.47. The molecule has 1 N–H and O–H groups in total. The zero-order valence-electron chi connectivity index (χ0n) is 12.9. The van der Waals surface area contributed by atoms with Crippen molar-refractivity contribution in [3.05, 3.63) is 21.3 Å². The van der Waals surface area contributed by atoms with Gasteiger partial charge in [0.05, 0.1) is 33.0 Å². The van der Waals surface area contributed by atoms with Gasteiger partial charge in [0.25, 0.3) is 5.91 Å². The molecule has 2 rings (SSSR count). The Morgan fingerprint density at radius 2 is 1.91 bits per heavy atom. The van der Waals surface area contributed by atoms with Gasteiger partial charge in [0, 0.05) is 29.7 Å². The molecule has 1 aliphatic heterocycles. The zero-order valence-corrected chi connectivity index (χ0v) is 15.0. The maximum absolute atomic E-state index is 12.3. The Balaban J connectivity index is 1.94. The molecule has 1 aliphatic rings. The van der Waals surface area contributed by atoms with Crippen LogP contribution in [0, 0.1) is 3.57 Å². The summed E-state index contributed by atoms with van der Waals surface area (Å²) in [5.74, 6) is 1.08. The van der Waals surface area contributed by atoms with Crippen molar-refractivity contribution in [3.63, 3.8) is 0 Å². The van der Waals surface area contributed by atoms with Crippen LogP contribution in [-0.4, -0.2) is 64.4 Å². The van der Waals surface area contributed by atoms with Gasteiger partial charge in [-0.25, -0.2) is 0 Å². The van der Waals surface area contributed by atoms with Gasteiger partial charge in [-0.2, -0.15) is 0 Å². The summed E-state index contributed by atoms with van der Waals surface area (Å²) in [5, 5.41) is 2.95. The molecule has 1 heterocycles. The molecule has 22 heavy (non-hydrogen) atoms. The van der Waals surface area contributed by atoms with E-state index in [9.17, 15) is 4.79 Å². The first-order valence-corrected chi connectivity index (χ1v) is 8.23. The number of carbonyl (C=O) groups is 1. The lowest BCUT2D eigenvalue weighted by molar-refractivity contribution is 0.0383. The Bertz CT molecular complexity index is 519. The van der Waals surface area contributed by atoms with Gasteiger partial charge < -0.3 is 19.5 Å². The lowest BCUT2D eigenvalue weighted by atomic mass is 10.2. The Kier molecular flexibility index (Phi) is 6.71. The molecule has 1 amide bonds. The van der Waals surface area contributed by atoms with Gasteiger partial charge in [-0.1, -0.05) is 0 Å². The summed E-state index contributed by atoms with van der Waals surface area (Å²) in [5.41, 5.74) is 0.597. The fourth-order valence-electron chi connectivity index (χ4n) is 2.28. The molecule has 0 saturated carbocycles. The summed E-state index contributed by atoms with van der Waals surface area (Å²) in [7, 11) is 3.14. The SMILES string of the molecule is COc1cc(I)c(C(=O)NCCN2CCOCC2)cc1OC. The largest absolute Gasteiger partial charge is 0.493 e. The average Bonchev–Trinajstić information content (AvgIpc) is 2.55. The van der Waals surface area contributed by atoms with Crippen LogP contribution in [0.1, 0.15) is 10.4 Å². The second kappa shape index (κ2) is 8.54. The van der Waals surface area contributed by atoms with Gasteiger partial charge in [-0.3, -0.25) is 9.69 Å². The summed E-state index contributed by atoms with van der Waals surface area (Å²) < 4.78 is 16.6. The third-order valence-corrected chi connectivity index (χ3v) is 4.43. The van der Waals surface area contributed by atoms with Crippen LogP contribution < -0.4 is 14.8 Å². The van der Waals surface area contributed by atoms with Crippen molar-refractivity contribution in [2.24, 2.45) is 0 Å². The molecule has 1 aromatic carbocycles. The summed E-state index contributed by atoms with van der Waals surface area (Å²) in [6.07, 6.45) is 0. The van der Waals surface area contributed by atoms with Crippen LogP contribution in [0.5, 0.6) is 11.5 Å². The number of amides is 1. The van der Waals surface area contributed by atoms with Crippen LogP contribution in [0.2, 0.25) is 0 Å². The van der Waals surface area contributed by atoms with Crippen LogP contribution in [-0.2, 0) is 4.74 Å². The van der Waals surface area contributed by atoms with Crippen molar-refractivity contribution < 1.29 is 19.0 Å². The highest BCUT2D eigenvalue weighted by Gasteiger charge is 2.16. The Labute approximate surface area is 144 Å². The van der Waals surface area contributed by atoms with Crippen molar-refractivity contribution in [1.29, 1.82) is 0 Å². The molecular weight excluding hydrogens is 399 g/mol. The Morgan fingerprint density at radius 3 is 2.55 bits per heavy atom. The molecule has 1 aromatic rings. The van der Waals surface area contributed by atoms with Crippen LogP contribution in [0.25, 0.3) is 0 Å². The summed E-state index contributed by atoms with van der Waals surface area (Å²) in [6.45, 7) is 4.82. The fraction of sp³-hybridized carbons (Fsp3) is 0.533. The lowest BCUT2D eigenvalue weighted by Crippen LogP contribution is -2.41. The summed E-state index contributed by atoms with van der Waals surface area (Å²) in [6, 6.07) is 3.51. The van der Waals surface area contributed by atoms with E-state index in [1.54, 1.807) is 26.4 Å². The number of benzene rings is 1. The van der Waals surface area contributed by atoms with E-state index in [1.807, 2.05) is 0 Å². The molecule has 6 nitrogen and oxygen atoms in total. The number of morpholine rings is 1. The monoisotopic (exact) mass is 420 g/mol. The molecule has 0 aromatic heterocycles. The summed E-state index contributed by atoms with van der Waals surface area (Å²) >= 11 is 2.13. The number of nitrogens with one attached hydrogen (secondary N) is 1. The van der Waals surface area contributed by atoms with E-state index < -0.39 is 0 Å². The minimum absolute atomic E-state index is 0.0985. The summed E-state index contributed by atoms with van der Waals surface area (Å²) in [4.78, 5) is 14.6. The number of rotatable bonds is 6. The van der Waals surface area contributed by atoms with Crippen LogP contribution in [0.4, 0.5) is 0 Å². The van der Waals surface area contributed by atoms with Crippen LogP contribution in [0.3, 0.4) is 0 Å². The van der Waals surface area contributed by atoms with E-state index in [-0.39, 0.29) is 5.91 Å². The van der Waals surface area contributed by atoms with Crippen molar-refractivity contribution in [1.82, 2.24) is 10.2 Å². The first-order chi connectivity index (χ1) is 10.7. The van der Waals surface area contributed by atoms with E-state index in [2.05, 4.69) is 32.8 Å². The van der Waals surface area contributed by atoms with Gasteiger partial charge >= 0.3 is 0 Å². The number of hydrogen-bond donors (Lipinski definition) is 1. The fourth-order valence-corrected chi connectivity index (χ4v) is 2.96. The average molecular weight is 420 g/mol. The minimum Gasteiger partial charge on any atom is -0.493 e. The molecular formula is C15H21IN2O4. The number of methoxy groups -OCH3 is 2.